The van der Waals surface area contributed by atoms with Crippen molar-refractivity contribution in [1.82, 2.24) is 24.1 Å². The Kier molecular flexibility index (Phi) is 4.37. The van der Waals surface area contributed by atoms with Gasteiger partial charge in [0.1, 0.15) is 5.82 Å². The molecule has 0 atom stereocenters. The number of thiazole rings is 1. The number of nitrogens with zero attached hydrogens (tertiary/aromatic N) is 5. The van der Waals surface area contributed by atoms with Crippen molar-refractivity contribution in [3.63, 3.8) is 0 Å². The van der Waals surface area contributed by atoms with Crippen molar-refractivity contribution < 1.29 is 0 Å². The summed E-state index contributed by atoms with van der Waals surface area (Å²) in [5, 5.41) is 11.2. The summed E-state index contributed by atoms with van der Waals surface area (Å²) in [4.78, 5) is 17.3. The molecule has 0 unspecified atom stereocenters. The van der Waals surface area contributed by atoms with Gasteiger partial charge in [-0.1, -0.05) is 42.1 Å². The summed E-state index contributed by atoms with van der Waals surface area (Å²) in [5.41, 5.74) is 1.90. The molecule has 0 aliphatic carbocycles. The first kappa shape index (κ1) is 16.0. The zero-order valence-corrected chi connectivity index (χ0v) is 15.1. The van der Waals surface area contributed by atoms with Crippen molar-refractivity contribution in [1.29, 1.82) is 0 Å². The molecule has 0 aliphatic heterocycles. The maximum Gasteiger partial charge on any atom is 0.258 e. The normalized spacial score (nSPS) is 11.2. The van der Waals surface area contributed by atoms with Crippen LogP contribution in [0.15, 0.2) is 57.9 Å². The fraction of sp³-hybridized carbons (Fsp3) is 0.176. The highest BCUT2D eigenvalue weighted by Gasteiger charge is 2.11. The van der Waals surface area contributed by atoms with Gasteiger partial charge in [-0.3, -0.25) is 9.20 Å². The van der Waals surface area contributed by atoms with Gasteiger partial charge < -0.3 is 4.57 Å². The molecule has 0 fully saturated rings. The van der Waals surface area contributed by atoms with E-state index in [1.54, 1.807) is 28.4 Å². The second-order valence-corrected chi connectivity index (χ2v) is 7.35. The standard InChI is InChI=1S/C17H15N5OS2/c1-12-19-20-17(22(12)10-13-5-3-2-4-6-13)25-11-14-9-15(23)21-7-8-24-16(21)18-14/h2-9H,10-11H2,1H3. The summed E-state index contributed by atoms with van der Waals surface area (Å²) in [6.45, 7) is 2.67. The second-order valence-electron chi connectivity index (χ2n) is 5.53. The van der Waals surface area contributed by atoms with Crippen LogP contribution in [0.5, 0.6) is 0 Å². The number of fused-ring (bicyclic) bond motifs is 1. The number of rotatable bonds is 5. The molecule has 0 aliphatic rings. The first-order valence-corrected chi connectivity index (χ1v) is 9.59. The molecular formula is C17H15N5OS2. The fourth-order valence-electron chi connectivity index (χ4n) is 2.52. The Balaban J connectivity index is 1.55. The van der Waals surface area contributed by atoms with Crippen molar-refractivity contribution >= 4 is 28.1 Å². The van der Waals surface area contributed by atoms with Crippen LogP contribution in [0.4, 0.5) is 0 Å². The number of aromatic nitrogens is 5. The number of benzene rings is 1. The summed E-state index contributed by atoms with van der Waals surface area (Å²) < 4.78 is 3.64. The van der Waals surface area contributed by atoms with Gasteiger partial charge in [-0.25, -0.2) is 4.98 Å². The molecule has 3 heterocycles. The largest absolute Gasteiger partial charge is 0.302 e. The summed E-state index contributed by atoms with van der Waals surface area (Å²) in [5.74, 6) is 1.45. The van der Waals surface area contributed by atoms with Crippen LogP contribution in [0.1, 0.15) is 17.1 Å². The Morgan fingerprint density at radius 2 is 2.04 bits per heavy atom. The zero-order chi connectivity index (χ0) is 17.2. The maximum absolute atomic E-state index is 12.1. The van der Waals surface area contributed by atoms with E-state index in [1.165, 1.54) is 16.9 Å². The quantitative estimate of drug-likeness (QED) is 0.506. The summed E-state index contributed by atoms with van der Waals surface area (Å²) in [7, 11) is 0. The third kappa shape index (κ3) is 3.35. The topological polar surface area (TPSA) is 65.1 Å². The molecule has 0 saturated carbocycles. The third-order valence-electron chi connectivity index (χ3n) is 3.79. The predicted octanol–water partition coefficient (Wildman–Crippen LogP) is 3.00. The van der Waals surface area contributed by atoms with Gasteiger partial charge in [0.2, 0.25) is 0 Å². The molecule has 1 aromatic carbocycles. The molecule has 0 amide bonds. The van der Waals surface area contributed by atoms with Crippen molar-refractivity contribution in [2.75, 3.05) is 0 Å². The van der Waals surface area contributed by atoms with Gasteiger partial charge in [0.05, 0.1) is 12.2 Å². The Labute approximate surface area is 152 Å². The molecule has 126 valence electrons. The van der Waals surface area contributed by atoms with Crippen molar-refractivity contribution in [3.8, 4) is 0 Å². The van der Waals surface area contributed by atoms with Gasteiger partial charge >= 0.3 is 0 Å². The number of hydrogen-bond donors (Lipinski definition) is 0. The van der Waals surface area contributed by atoms with E-state index in [2.05, 4.69) is 31.9 Å². The van der Waals surface area contributed by atoms with Gasteiger partial charge in [0, 0.05) is 23.4 Å². The Morgan fingerprint density at radius 3 is 2.88 bits per heavy atom. The minimum atomic E-state index is -0.0521. The molecule has 3 aromatic heterocycles. The van der Waals surface area contributed by atoms with E-state index in [-0.39, 0.29) is 5.56 Å². The Bertz CT molecular complexity index is 1070. The van der Waals surface area contributed by atoms with Gasteiger partial charge in [-0.2, -0.15) is 0 Å². The molecule has 0 N–H and O–H groups in total. The highest BCUT2D eigenvalue weighted by atomic mass is 32.2. The lowest BCUT2D eigenvalue weighted by Gasteiger charge is -2.08. The van der Waals surface area contributed by atoms with Crippen LogP contribution >= 0.6 is 23.1 Å². The number of thioether (sulfide) groups is 1. The van der Waals surface area contributed by atoms with E-state index in [0.29, 0.717) is 10.7 Å². The molecule has 0 spiro atoms. The minimum absolute atomic E-state index is 0.0521. The van der Waals surface area contributed by atoms with Gasteiger partial charge in [-0.15, -0.1) is 21.5 Å². The SMILES string of the molecule is Cc1nnc(SCc2cc(=O)n3ccsc3n2)n1Cc1ccccc1. The van der Waals surface area contributed by atoms with E-state index in [0.717, 1.165) is 23.2 Å². The summed E-state index contributed by atoms with van der Waals surface area (Å²) in [6, 6.07) is 11.8. The molecule has 0 saturated heterocycles. The van der Waals surface area contributed by atoms with Crippen LogP contribution in [0, 0.1) is 6.92 Å². The first-order valence-electron chi connectivity index (χ1n) is 7.73. The molecule has 0 radical (unpaired) electrons. The van der Waals surface area contributed by atoms with E-state index in [4.69, 9.17) is 0 Å². The van der Waals surface area contributed by atoms with Gasteiger partial charge in [0.15, 0.2) is 10.1 Å². The van der Waals surface area contributed by atoms with Crippen molar-refractivity contribution in [2.24, 2.45) is 0 Å². The number of aryl methyl sites for hydroxylation is 1. The van der Waals surface area contributed by atoms with Crippen molar-refractivity contribution in [3.05, 3.63) is 75.4 Å². The Morgan fingerprint density at radius 1 is 1.20 bits per heavy atom. The van der Waals surface area contributed by atoms with Crippen molar-refractivity contribution in [2.45, 2.75) is 24.4 Å². The average Bonchev–Trinajstić information content (AvgIpc) is 3.22. The van der Waals surface area contributed by atoms with E-state index in [9.17, 15) is 4.79 Å². The highest BCUT2D eigenvalue weighted by Crippen LogP contribution is 2.22. The lowest BCUT2D eigenvalue weighted by molar-refractivity contribution is 0.688. The molecule has 0 bridgehead atoms. The summed E-state index contributed by atoms with van der Waals surface area (Å²) >= 11 is 3.00. The fourth-order valence-corrected chi connectivity index (χ4v) is 4.13. The van der Waals surface area contributed by atoms with Crippen LogP contribution in [0.2, 0.25) is 0 Å². The van der Waals surface area contributed by atoms with Crippen LogP contribution in [0.25, 0.3) is 4.96 Å². The van der Waals surface area contributed by atoms with Crippen LogP contribution in [0.3, 0.4) is 0 Å². The van der Waals surface area contributed by atoms with Crippen LogP contribution in [-0.2, 0) is 12.3 Å². The monoisotopic (exact) mass is 369 g/mol. The summed E-state index contributed by atoms with van der Waals surface area (Å²) in [6.07, 6.45) is 1.74. The van der Waals surface area contributed by atoms with Crippen LogP contribution < -0.4 is 5.56 Å². The molecule has 8 heteroatoms. The smallest absolute Gasteiger partial charge is 0.258 e. The van der Waals surface area contributed by atoms with Gasteiger partial charge in [-0.05, 0) is 12.5 Å². The van der Waals surface area contributed by atoms with E-state index < -0.39 is 0 Å². The highest BCUT2D eigenvalue weighted by molar-refractivity contribution is 7.98. The number of hydrogen-bond acceptors (Lipinski definition) is 6. The lowest BCUT2D eigenvalue weighted by atomic mass is 10.2. The lowest BCUT2D eigenvalue weighted by Crippen LogP contribution is -2.12. The third-order valence-corrected chi connectivity index (χ3v) is 5.55. The first-order chi connectivity index (χ1) is 12.2. The molecule has 25 heavy (non-hydrogen) atoms. The Hall–Kier alpha value is -2.45. The second kappa shape index (κ2) is 6.81. The van der Waals surface area contributed by atoms with E-state index >= 15 is 0 Å². The molecule has 6 nitrogen and oxygen atoms in total. The van der Waals surface area contributed by atoms with E-state index in [1.807, 2.05) is 30.5 Å². The predicted molar refractivity (Wildman–Crippen MR) is 99.2 cm³/mol. The molecule has 4 aromatic rings. The average molecular weight is 369 g/mol. The molecule has 4 rings (SSSR count). The van der Waals surface area contributed by atoms with Gasteiger partial charge in [0.25, 0.3) is 5.56 Å². The van der Waals surface area contributed by atoms with Crippen LogP contribution in [-0.4, -0.2) is 24.1 Å². The zero-order valence-electron chi connectivity index (χ0n) is 13.5. The minimum Gasteiger partial charge on any atom is -0.302 e. The maximum atomic E-state index is 12.1. The molecular weight excluding hydrogens is 354 g/mol.